The molecule has 126 valence electrons. The van der Waals surface area contributed by atoms with Gasteiger partial charge in [0, 0.05) is 11.1 Å². The number of unbranched alkanes of at least 4 members (excludes halogenated alkanes) is 3. The summed E-state index contributed by atoms with van der Waals surface area (Å²) in [4.78, 5) is 0. The van der Waals surface area contributed by atoms with E-state index >= 15 is 0 Å². The molecule has 0 aliphatic carbocycles. The topological polar surface area (TPSA) is 9.23 Å². The third kappa shape index (κ3) is 5.42. The van der Waals surface area contributed by atoms with E-state index in [1.165, 1.54) is 30.4 Å². The second-order valence-corrected chi connectivity index (χ2v) is 6.13. The lowest BCUT2D eigenvalue weighted by atomic mass is 10.0. The highest BCUT2D eigenvalue weighted by molar-refractivity contribution is 5.76. The SMILES string of the molecule is C=Cc1cc(C)cc(/C=C/c2ccccc2)c1OCCCCCC. The predicted molar refractivity (Wildman–Crippen MR) is 106 cm³/mol. The Kier molecular flexibility index (Phi) is 7.35. The first-order chi connectivity index (χ1) is 11.7. The van der Waals surface area contributed by atoms with Crippen LogP contribution in [0.1, 0.15) is 54.9 Å². The Morgan fingerprint density at radius 1 is 0.958 bits per heavy atom. The van der Waals surface area contributed by atoms with E-state index in [-0.39, 0.29) is 0 Å². The molecule has 0 aromatic heterocycles. The Balaban J connectivity index is 2.19. The van der Waals surface area contributed by atoms with Crippen molar-refractivity contribution in [1.29, 1.82) is 0 Å². The van der Waals surface area contributed by atoms with Crippen LogP contribution in [0.4, 0.5) is 0 Å². The summed E-state index contributed by atoms with van der Waals surface area (Å²) in [5.41, 5.74) is 4.59. The minimum absolute atomic E-state index is 0.760. The third-order valence-corrected chi connectivity index (χ3v) is 4.01. The number of hydrogen-bond donors (Lipinski definition) is 0. The summed E-state index contributed by atoms with van der Waals surface area (Å²) in [6, 6.07) is 14.6. The number of hydrogen-bond acceptors (Lipinski definition) is 1. The molecule has 0 heterocycles. The Morgan fingerprint density at radius 3 is 2.42 bits per heavy atom. The first kappa shape index (κ1) is 18.1. The normalized spacial score (nSPS) is 10.9. The van der Waals surface area contributed by atoms with E-state index in [4.69, 9.17) is 4.74 Å². The summed E-state index contributed by atoms with van der Waals surface area (Å²) in [6.07, 6.45) is 11.0. The van der Waals surface area contributed by atoms with E-state index in [2.05, 4.69) is 69.0 Å². The average Bonchev–Trinajstić information content (AvgIpc) is 2.61. The summed E-state index contributed by atoms with van der Waals surface area (Å²) in [6.45, 7) is 9.04. The van der Waals surface area contributed by atoms with Crippen LogP contribution in [0.15, 0.2) is 49.0 Å². The second-order valence-electron chi connectivity index (χ2n) is 6.13. The van der Waals surface area contributed by atoms with E-state index in [1.54, 1.807) is 0 Å². The smallest absolute Gasteiger partial charge is 0.133 e. The van der Waals surface area contributed by atoms with Crippen molar-refractivity contribution in [3.63, 3.8) is 0 Å². The van der Waals surface area contributed by atoms with Gasteiger partial charge in [-0.1, -0.05) is 81.3 Å². The maximum absolute atomic E-state index is 6.13. The van der Waals surface area contributed by atoms with Gasteiger partial charge in [-0.2, -0.15) is 0 Å². The molecule has 0 aliphatic heterocycles. The van der Waals surface area contributed by atoms with Crippen molar-refractivity contribution in [2.75, 3.05) is 6.61 Å². The van der Waals surface area contributed by atoms with Crippen LogP contribution in [0, 0.1) is 6.92 Å². The molecule has 0 aliphatic rings. The molecule has 1 heteroatoms. The van der Waals surface area contributed by atoms with E-state index in [0.29, 0.717) is 0 Å². The van der Waals surface area contributed by atoms with Crippen LogP contribution in [-0.2, 0) is 0 Å². The fourth-order valence-electron chi connectivity index (χ4n) is 2.73. The van der Waals surface area contributed by atoms with E-state index in [1.807, 2.05) is 12.1 Å². The molecular formula is C23H28O. The minimum Gasteiger partial charge on any atom is -0.492 e. The molecule has 0 amide bonds. The molecule has 2 aromatic carbocycles. The number of ether oxygens (including phenoxy) is 1. The zero-order chi connectivity index (χ0) is 17.2. The zero-order valence-electron chi connectivity index (χ0n) is 14.9. The van der Waals surface area contributed by atoms with Crippen LogP contribution >= 0.6 is 0 Å². The van der Waals surface area contributed by atoms with Gasteiger partial charge in [-0.25, -0.2) is 0 Å². The summed E-state index contributed by atoms with van der Waals surface area (Å²) in [5, 5.41) is 0. The van der Waals surface area contributed by atoms with Gasteiger partial charge in [-0.05, 0) is 36.6 Å². The van der Waals surface area contributed by atoms with Gasteiger partial charge >= 0.3 is 0 Å². The van der Waals surface area contributed by atoms with Crippen LogP contribution in [-0.4, -0.2) is 6.61 Å². The van der Waals surface area contributed by atoms with Crippen LogP contribution < -0.4 is 4.74 Å². The first-order valence-corrected chi connectivity index (χ1v) is 8.87. The predicted octanol–water partition coefficient (Wildman–Crippen LogP) is 6.77. The molecule has 0 unspecified atom stereocenters. The summed E-state index contributed by atoms with van der Waals surface area (Å²) < 4.78 is 6.13. The zero-order valence-corrected chi connectivity index (χ0v) is 14.9. The van der Waals surface area contributed by atoms with Crippen LogP contribution in [0.3, 0.4) is 0 Å². The molecule has 0 saturated carbocycles. The van der Waals surface area contributed by atoms with Crippen molar-refractivity contribution >= 4 is 18.2 Å². The molecule has 2 aromatic rings. The van der Waals surface area contributed by atoms with Crippen molar-refractivity contribution in [3.8, 4) is 5.75 Å². The van der Waals surface area contributed by atoms with Gasteiger partial charge in [0.15, 0.2) is 0 Å². The number of benzene rings is 2. The lowest BCUT2D eigenvalue weighted by Crippen LogP contribution is -2.01. The van der Waals surface area contributed by atoms with Crippen LogP contribution in [0.5, 0.6) is 5.75 Å². The van der Waals surface area contributed by atoms with Gasteiger partial charge in [0.1, 0.15) is 5.75 Å². The quantitative estimate of drug-likeness (QED) is 0.366. The summed E-state index contributed by atoms with van der Waals surface area (Å²) in [5.74, 6) is 0.944. The van der Waals surface area contributed by atoms with Gasteiger partial charge < -0.3 is 4.74 Å². The number of rotatable bonds is 9. The lowest BCUT2D eigenvalue weighted by molar-refractivity contribution is 0.304. The Bertz CT molecular complexity index is 668. The highest BCUT2D eigenvalue weighted by Crippen LogP contribution is 2.29. The molecule has 0 spiro atoms. The standard InChI is InChI=1S/C23H28O/c1-4-6-7-11-16-24-23-21(5-2)17-19(3)18-22(23)15-14-20-12-9-8-10-13-20/h5,8-10,12-15,17-18H,2,4,6-7,11,16H2,1,3H3/b15-14+. The molecule has 0 saturated heterocycles. The third-order valence-electron chi connectivity index (χ3n) is 4.01. The summed E-state index contributed by atoms with van der Waals surface area (Å²) >= 11 is 0. The van der Waals surface area contributed by atoms with Gasteiger partial charge in [-0.15, -0.1) is 0 Å². The lowest BCUT2D eigenvalue weighted by Gasteiger charge is -2.14. The molecule has 0 bridgehead atoms. The van der Waals surface area contributed by atoms with Crippen LogP contribution in [0.25, 0.3) is 18.2 Å². The molecule has 1 nitrogen and oxygen atoms in total. The monoisotopic (exact) mass is 320 g/mol. The van der Waals surface area contributed by atoms with Gasteiger partial charge in [0.25, 0.3) is 0 Å². The average molecular weight is 320 g/mol. The molecule has 0 fully saturated rings. The van der Waals surface area contributed by atoms with Gasteiger partial charge in [0.2, 0.25) is 0 Å². The Hall–Kier alpha value is -2.28. The molecule has 0 atom stereocenters. The Morgan fingerprint density at radius 2 is 1.71 bits per heavy atom. The van der Waals surface area contributed by atoms with E-state index < -0.39 is 0 Å². The molecule has 0 N–H and O–H groups in total. The highest BCUT2D eigenvalue weighted by atomic mass is 16.5. The van der Waals surface area contributed by atoms with Crippen molar-refractivity contribution in [3.05, 3.63) is 71.3 Å². The van der Waals surface area contributed by atoms with E-state index in [9.17, 15) is 0 Å². The Labute approximate surface area is 146 Å². The fraction of sp³-hybridized carbons (Fsp3) is 0.304. The highest BCUT2D eigenvalue weighted by Gasteiger charge is 2.07. The van der Waals surface area contributed by atoms with Crippen molar-refractivity contribution < 1.29 is 4.74 Å². The first-order valence-electron chi connectivity index (χ1n) is 8.87. The maximum atomic E-state index is 6.13. The van der Waals surface area contributed by atoms with Crippen LogP contribution in [0.2, 0.25) is 0 Å². The van der Waals surface area contributed by atoms with Crippen molar-refractivity contribution in [2.45, 2.75) is 39.5 Å². The van der Waals surface area contributed by atoms with E-state index in [0.717, 1.165) is 29.9 Å². The summed E-state index contributed by atoms with van der Waals surface area (Å²) in [7, 11) is 0. The minimum atomic E-state index is 0.760. The van der Waals surface area contributed by atoms with Crippen molar-refractivity contribution in [2.24, 2.45) is 0 Å². The van der Waals surface area contributed by atoms with Crippen molar-refractivity contribution in [1.82, 2.24) is 0 Å². The number of aryl methyl sites for hydroxylation is 1. The van der Waals surface area contributed by atoms with Gasteiger partial charge in [-0.3, -0.25) is 0 Å². The van der Waals surface area contributed by atoms with Gasteiger partial charge in [0.05, 0.1) is 6.61 Å². The molecular weight excluding hydrogens is 292 g/mol. The largest absolute Gasteiger partial charge is 0.492 e. The fourth-order valence-corrected chi connectivity index (χ4v) is 2.73. The second kappa shape index (κ2) is 9.77. The molecule has 24 heavy (non-hydrogen) atoms. The molecule has 0 radical (unpaired) electrons. The maximum Gasteiger partial charge on any atom is 0.133 e. The molecule has 2 rings (SSSR count).